The summed E-state index contributed by atoms with van der Waals surface area (Å²) in [6, 6.07) is 21.9. The maximum atomic E-state index is 13.7. The lowest BCUT2D eigenvalue weighted by molar-refractivity contribution is -0.120. The number of imide groups is 1. The first-order valence-corrected chi connectivity index (χ1v) is 10.4. The Labute approximate surface area is 185 Å². The minimum Gasteiger partial charge on any atom is -0.496 e. The number of ether oxygens (including phenoxy) is 1. The van der Waals surface area contributed by atoms with Gasteiger partial charge in [-0.15, -0.1) is 0 Å². The summed E-state index contributed by atoms with van der Waals surface area (Å²) >= 11 is 6.02. The van der Waals surface area contributed by atoms with Crippen molar-refractivity contribution in [2.45, 2.75) is 6.42 Å². The van der Waals surface area contributed by atoms with E-state index < -0.39 is 0 Å². The summed E-state index contributed by atoms with van der Waals surface area (Å²) in [6.45, 7) is 0.626. The molecule has 0 N–H and O–H groups in total. The maximum Gasteiger partial charge on any atom is 0.282 e. The second-order valence-corrected chi connectivity index (χ2v) is 7.81. The first-order chi connectivity index (χ1) is 15.1. The summed E-state index contributed by atoms with van der Waals surface area (Å²) in [6.07, 6.45) is 0.807. The molecule has 2 aliphatic heterocycles. The van der Waals surface area contributed by atoms with Gasteiger partial charge in [-0.05, 0) is 48.4 Å². The van der Waals surface area contributed by atoms with Gasteiger partial charge in [0.25, 0.3) is 11.8 Å². The Kier molecular flexibility index (Phi) is 4.75. The number of amides is 2. The minimum absolute atomic E-state index is 0.342. The molecule has 0 atom stereocenters. The molecule has 0 aliphatic carbocycles. The molecule has 0 radical (unpaired) electrons. The Morgan fingerprint density at radius 2 is 1.58 bits per heavy atom. The van der Waals surface area contributed by atoms with E-state index in [-0.39, 0.29) is 11.8 Å². The minimum atomic E-state index is -0.379. The van der Waals surface area contributed by atoms with Gasteiger partial charge in [0.05, 0.1) is 18.4 Å². The van der Waals surface area contributed by atoms with Crippen molar-refractivity contribution < 1.29 is 14.3 Å². The van der Waals surface area contributed by atoms with Crippen molar-refractivity contribution >= 4 is 40.4 Å². The summed E-state index contributed by atoms with van der Waals surface area (Å²) in [5, 5.41) is 0.537. The van der Waals surface area contributed by atoms with Crippen LogP contribution in [0, 0.1) is 0 Å². The maximum absolute atomic E-state index is 13.7. The standard InChI is InChI=1S/C25H19ClN2O3/c1-31-21-9-5-3-7-19(21)22-23(27-15-14-16-6-2-4-8-20(16)27)25(30)28(24(22)29)18-12-10-17(26)11-13-18/h2-13H,14-15H2,1H3. The highest BCUT2D eigenvalue weighted by Gasteiger charge is 2.44. The van der Waals surface area contributed by atoms with Gasteiger partial charge in [-0.2, -0.15) is 0 Å². The second-order valence-electron chi connectivity index (χ2n) is 7.38. The van der Waals surface area contributed by atoms with E-state index in [0.29, 0.717) is 39.8 Å². The molecule has 3 aromatic carbocycles. The van der Waals surface area contributed by atoms with E-state index >= 15 is 0 Å². The van der Waals surface area contributed by atoms with Crippen LogP contribution in [0.1, 0.15) is 11.1 Å². The topological polar surface area (TPSA) is 49.9 Å². The lowest BCUT2D eigenvalue weighted by Crippen LogP contribution is -2.34. The monoisotopic (exact) mass is 430 g/mol. The smallest absolute Gasteiger partial charge is 0.282 e. The zero-order valence-corrected chi connectivity index (χ0v) is 17.6. The number of halogens is 1. The molecule has 6 heteroatoms. The lowest BCUT2D eigenvalue weighted by Gasteiger charge is -2.22. The third-order valence-corrected chi connectivity index (χ3v) is 5.93. The summed E-state index contributed by atoms with van der Waals surface area (Å²) in [5.41, 5.74) is 3.89. The molecule has 0 saturated heterocycles. The molecule has 3 aromatic rings. The summed E-state index contributed by atoms with van der Waals surface area (Å²) in [7, 11) is 1.56. The molecule has 2 amide bonds. The number of benzene rings is 3. The van der Waals surface area contributed by atoms with Crippen molar-refractivity contribution in [3.05, 3.63) is 94.6 Å². The van der Waals surface area contributed by atoms with E-state index in [1.807, 2.05) is 41.3 Å². The van der Waals surface area contributed by atoms with Crippen molar-refractivity contribution in [1.82, 2.24) is 0 Å². The van der Waals surface area contributed by atoms with Crippen LogP contribution in [-0.2, 0) is 16.0 Å². The van der Waals surface area contributed by atoms with Crippen molar-refractivity contribution in [3.63, 3.8) is 0 Å². The second kappa shape index (κ2) is 7.60. The number of rotatable bonds is 4. The Balaban J connectivity index is 1.71. The van der Waals surface area contributed by atoms with Crippen LogP contribution in [0.3, 0.4) is 0 Å². The van der Waals surface area contributed by atoms with E-state index in [1.165, 1.54) is 4.90 Å². The molecule has 0 fully saturated rings. The highest BCUT2D eigenvalue weighted by molar-refractivity contribution is 6.46. The van der Waals surface area contributed by atoms with Gasteiger partial charge >= 0.3 is 0 Å². The molecule has 31 heavy (non-hydrogen) atoms. The molecule has 0 aromatic heterocycles. The fourth-order valence-corrected chi connectivity index (χ4v) is 4.38. The van der Waals surface area contributed by atoms with E-state index in [1.54, 1.807) is 37.4 Å². The first kappa shape index (κ1) is 19.4. The number of carbonyl (C=O) groups is 2. The molecular formula is C25H19ClN2O3. The number of hydrogen-bond acceptors (Lipinski definition) is 4. The molecule has 0 bridgehead atoms. The molecule has 154 valence electrons. The van der Waals surface area contributed by atoms with Crippen molar-refractivity contribution in [2.24, 2.45) is 0 Å². The van der Waals surface area contributed by atoms with Crippen LogP contribution in [0.4, 0.5) is 11.4 Å². The Morgan fingerprint density at radius 1 is 0.871 bits per heavy atom. The van der Waals surface area contributed by atoms with E-state index in [9.17, 15) is 9.59 Å². The van der Waals surface area contributed by atoms with Crippen LogP contribution < -0.4 is 14.5 Å². The van der Waals surface area contributed by atoms with Gasteiger partial charge in [-0.3, -0.25) is 9.59 Å². The van der Waals surface area contributed by atoms with Crippen LogP contribution in [0.5, 0.6) is 5.75 Å². The van der Waals surface area contributed by atoms with Crippen molar-refractivity contribution in [3.8, 4) is 5.75 Å². The average Bonchev–Trinajstić information content (AvgIpc) is 3.32. The van der Waals surface area contributed by atoms with Crippen LogP contribution in [0.2, 0.25) is 5.02 Å². The summed E-state index contributed by atoms with van der Waals surface area (Å²) < 4.78 is 5.53. The fourth-order valence-electron chi connectivity index (χ4n) is 4.26. The zero-order valence-electron chi connectivity index (χ0n) is 16.8. The largest absolute Gasteiger partial charge is 0.496 e. The number of anilines is 2. The highest BCUT2D eigenvalue weighted by Crippen LogP contribution is 2.42. The highest BCUT2D eigenvalue weighted by atomic mass is 35.5. The number of para-hydroxylation sites is 2. The fraction of sp³-hybridized carbons (Fsp3) is 0.120. The van der Waals surface area contributed by atoms with E-state index in [4.69, 9.17) is 16.3 Å². The summed E-state index contributed by atoms with van der Waals surface area (Å²) in [4.78, 5) is 30.6. The summed E-state index contributed by atoms with van der Waals surface area (Å²) in [5.74, 6) is -0.192. The van der Waals surface area contributed by atoms with Gasteiger partial charge in [0.1, 0.15) is 11.4 Å². The van der Waals surface area contributed by atoms with Gasteiger partial charge in [0, 0.05) is 22.8 Å². The molecular weight excluding hydrogens is 412 g/mol. The third kappa shape index (κ3) is 3.09. The molecule has 5 nitrogen and oxygen atoms in total. The third-order valence-electron chi connectivity index (χ3n) is 5.68. The number of nitrogens with zero attached hydrogens (tertiary/aromatic N) is 2. The molecule has 2 heterocycles. The zero-order chi connectivity index (χ0) is 21.5. The van der Waals surface area contributed by atoms with Gasteiger partial charge < -0.3 is 9.64 Å². The first-order valence-electron chi connectivity index (χ1n) is 9.97. The van der Waals surface area contributed by atoms with Crippen LogP contribution >= 0.6 is 11.6 Å². The lowest BCUT2D eigenvalue weighted by atomic mass is 10.0. The number of carbonyl (C=O) groups excluding carboxylic acids is 2. The predicted molar refractivity (Wildman–Crippen MR) is 121 cm³/mol. The average molecular weight is 431 g/mol. The molecule has 2 aliphatic rings. The van der Waals surface area contributed by atoms with Gasteiger partial charge in [0.15, 0.2) is 0 Å². The van der Waals surface area contributed by atoms with Crippen LogP contribution in [0.15, 0.2) is 78.5 Å². The van der Waals surface area contributed by atoms with Crippen LogP contribution in [-0.4, -0.2) is 25.5 Å². The Bertz CT molecular complexity index is 1230. The van der Waals surface area contributed by atoms with Crippen molar-refractivity contribution in [1.29, 1.82) is 0 Å². The normalized spacial score (nSPS) is 15.7. The predicted octanol–water partition coefficient (Wildman–Crippen LogP) is 4.70. The molecule has 5 rings (SSSR count). The Hall–Kier alpha value is -3.57. The Morgan fingerprint density at radius 3 is 2.35 bits per heavy atom. The van der Waals surface area contributed by atoms with E-state index in [0.717, 1.165) is 17.7 Å². The van der Waals surface area contributed by atoms with Crippen LogP contribution in [0.25, 0.3) is 5.57 Å². The number of methoxy groups -OCH3 is 1. The van der Waals surface area contributed by atoms with Gasteiger partial charge in [0.2, 0.25) is 0 Å². The molecule has 0 spiro atoms. The molecule has 0 saturated carbocycles. The van der Waals surface area contributed by atoms with E-state index in [2.05, 4.69) is 6.07 Å². The number of fused-ring (bicyclic) bond motifs is 1. The van der Waals surface area contributed by atoms with Gasteiger partial charge in [-0.25, -0.2) is 4.90 Å². The van der Waals surface area contributed by atoms with Gasteiger partial charge in [-0.1, -0.05) is 48.0 Å². The number of hydrogen-bond donors (Lipinski definition) is 0. The van der Waals surface area contributed by atoms with Crippen molar-refractivity contribution in [2.75, 3.05) is 23.5 Å². The quantitative estimate of drug-likeness (QED) is 0.563. The SMILES string of the molecule is COc1ccccc1C1=C(N2CCc3ccccc32)C(=O)N(c2ccc(Cl)cc2)C1=O. The molecule has 0 unspecified atom stereocenters.